The number of carbonyl (C=O) groups excluding carboxylic acids is 1. The number of anilines is 1. The highest BCUT2D eigenvalue weighted by molar-refractivity contribution is 6.31. The van der Waals surface area contributed by atoms with E-state index < -0.39 is 11.9 Å². The van der Waals surface area contributed by atoms with Gasteiger partial charge in [-0.3, -0.25) is 9.69 Å². The molecular weight excluding hydrogens is 414 g/mol. The summed E-state index contributed by atoms with van der Waals surface area (Å²) in [6, 6.07) is 14.7. The molecule has 0 aliphatic heterocycles. The maximum Gasteiger partial charge on any atom is 0.269 e. The van der Waals surface area contributed by atoms with Crippen molar-refractivity contribution in [3.63, 3.8) is 0 Å². The number of hydrogen-bond acceptors (Lipinski definition) is 3. The molecule has 0 aliphatic rings. The van der Waals surface area contributed by atoms with Crippen molar-refractivity contribution < 1.29 is 13.9 Å². The molecule has 1 aromatic heterocycles. The van der Waals surface area contributed by atoms with Crippen molar-refractivity contribution in [3.8, 4) is 5.75 Å². The van der Waals surface area contributed by atoms with Crippen molar-refractivity contribution in [1.82, 2.24) is 4.98 Å². The molecule has 0 fully saturated rings. The van der Waals surface area contributed by atoms with Gasteiger partial charge in [0.2, 0.25) is 0 Å². The van der Waals surface area contributed by atoms with Gasteiger partial charge in [0.1, 0.15) is 17.4 Å². The Morgan fingerprint density at radius 3 is 2.59 bits per heavy atom. The number of pyridine rings is 1. The van der Waals surface area contributed by atoms with Gasteiger partial charge >= 0.3 is 0 Å². The van der Waals surface area contributed by atoms with E-state index in [1.54, 1.807) is 55.6 Å². The summed E-state index contributed by atoms with van der Waals surface area (Å²) in [4.78, 5) is 18.8. The topological polar surface area (TPSA) is 42.4 Å². The Balaban J connectivity index is 1.89. The first kappa shape index (κ1) is 21.1. The van der Waals surface area contributed by atoms with Crippen molar-refractivity contribution in [2.24, 2.45) is 0 Å². The van der Waals surface area contributed by atoms with Gasteiger partial charge in [-0.05, 0) is 61.9 Å². The molecule has 29 heavy (non-hydrogen) atoms. The highest BCUT2D eigenvalue weighted by Crippen LogP contribution is 2.25. The van der Waals surface area contributed by atoms with E-state index in [1.165, 1.54) is 17.0 Å². The third kappa shape index (κ3) is 5.05. The number of nitrogens with zero attached hydrogens (tertiary/aromatic N) is 2. The van der Waals surface area contributed by atoms with Crippen molar-refractivity contribution in [3.05, 3.63) is 87.8 Å². The predicted molar refractivity (Wildman–Crippen MR) is 113 cm³/mol. The molecule has 0 spiro atoms. The van der Waals surface area contributed by atoms with Gasteiger partial charge in [-0.25, -0.2) is 9.37 Å². The molecule has 0 saturated heterocycles. The molecule has 150 valence electrons. The van der Waals surface area contributed by atoms with Crippen LogP contribution in [0.15, 0.2) is 60.8 Å². The second kappa shape index (κ2) is 9.25. The van der Waals surface area contributed by atoms with E-state index in [9.17, 15) is 9.18 Å². The molecule has 1 amide bonds. The smallest absolute Gasteiger partial charge is 0.269 e. The van der Waals surface area contributed by atoms with Crippen LogP contribution in [0.5, 0.6) is 5.75 Å². The monoisotopic (exact) mass is 432 g/mol. The molecule has 3 rings (SSSR count). The first-order valence-corrected chi connectivity index (χ1v) is 9.70. The minimum Gasteiger partial charge on any atom is -0.481 e. The highest BCUT2D eigenvalue weighted by Gasteiger charge is 2.26. The Bertz CT molecular complexity index is 995. The van der Waals surface area contributed by atoms with Gasteiger partial charge in [-0.15, -0.1) is 0 Å². The number of benzene rings is 2. The fourth-order valence-electron chi connectivity index (χ4n) is 2.79. The second-order valence-corrected chi connectivity index (χ2v) is 7.30. The van der Waals surface area contributed by atoms with Gasteiger partial charge in [0.15, 0.2) is 6.10 Å². The normalized spacial score (nSPS) is 11.8. The fourth-order valence-corrected chi connectivity index (χ4v) is 3.13. The molecule has 0 radical (unpaired) electrons. The number of carbonyl (C=O) groups is 1. The van der Waals surface area contributed by atoms with Crippen LogP contribution in [0.25, 0.3) is 0 Å². The largest absolute Gasteiger partial charge is 0.481 e. The van der Waals surface area contributed by atoms with E-state index in [1.807, 2.05) is 6.92 Å². The van der Waals surface area contributed by atoms with Crippen LogP contribution < -0.4 is 9.64 Å². The molecule has 0 bridgehead atoms. The number of rotatable bonds is 6. The lowest BCUT2D eigenvalue weighted by atomic mass is 10.1. The Kier molecular flexibility index (Phi) is 6.72. The summed E-state index contributed by atoms with van der Waals surface area (Å²) in [6.07, 6.45) is 0.718. The van der Waals surface area contributed by atoms with E-state index in [-0.39, 0.29) is 23.0 Å². The Labute approximate surface area is 178 Å². The lowest BCUT2D eigenvalue weighted by Gasteiger charge is -2.26. The van der Waals surface area contributed by atoms with Crippen molar-refractivity contribution >= 4 is 34.9 Å². The first-order valence-electron chi connectivity index (χ1n) is 8.95. The number of amides is 1. The fraction of sp³-hybridized carbons (Fsp3) is 0.182. The van der Waals surface area contributed by atoms with Crippen LogP contribution in [-0.2, 0) is 11.3 Å². The zero-order valence-corrected chi connectivity index (χ0v) is 17.4. The van der Waals surface area contributed by atoms with E-state index in [2.05, 4.69) is 4.98 Å². The van der Waals surface area contributed by atoms with Gasteiger partial charge in [0.05, 0.1) is 6.54 Å². The number of ether oxygens (including phenoxy) is 1. The third-order valence-corrected chi connectivity index (χ3v) is 5.14. The van der Waals surface area contributed by atoms with Crippen LogP contribution >= 0.6 is 23.2 Å². The molecule has 7 heteroatoms. The molecule has 0 saturated carbocycles. The van der Waals surface area contributed by atoms with Gasteiger partial charge in [-0.2, -0.15) is 0 Å². The number of aromatic nitrogens is 1. The maximum absolute atomic E-state index is 14.3. The van der Waals surface area contributed by atoms with Crippen LogP contribution in [0.1, 0.15) is 18.1 Å². The molecular formula is C22H19Cl2FN2O2. The summed E-state index contributed by atoms with van der Waals surface area (Å²) < 4.78 is 20.1. The summed E-state index contributed by atoms with van der Waals surface area (Å²) in [5, 5.41) is 0.848. The van der Waals surface area contributed by atoms with E-state index >= 15 is 0 Å². The van der Waals surface area contributed by atoms with Crippen molar-refractivity contribution in [1.29, 1.82) is 0 Å². The SMILES string of the molecule is Cc1cc(OC(C)C(=O)N(Cc2c(F)cccc2Cl)c2ccccn2)ccc1Cl. The Morgan fingerprint density at radius 2 is 1.93 bits per heavy atom. The Morgan fingerprint density at radius 1 is 1.14 bits per heavy atom. The summed E-state index contributed by atoms with van der Waals surface area (Å²) in [7, 11) is 0. The molecule has 2 aromatic carbocycles. The van der Waals surface area contributed by atoms with Crippen molar-refractivity contribution in [2.75, 3.05) is 4.90 Å². The van der Waals surface area contributed by atoms with Crippen LogP contribution in [0.2, 0.25) is 10.0 Å². The average Bonchev–Trinajstić information content (AvgIpc) is 2.71. The zero-order chi connectivity index (χ0) is 21.0. The first-order chi connectivity index (χ1) is 13.9. The van der Waals surface area contributed by atoms with E-state index in [4.69, 9.17) is 27.9 Å². The molecule has 3 aromatic rings. The highest BCUT2D eigenvalue weighted by atomic mass is 35.5. The van der Waals surface area contributed by atoms with Gasteiger partial charge in [0.25, 0.3) is 5.91 Å². The Hall–Kier alpha value is -2.63. The third-order valence-electron chi connectivity index (χ3n) is 4.36. The minimum atomic E-state index is -0.844. The number of hydrogen-bond donors (Lipinski definition) is 0. The van der Waals surface area contributed by atoms with Gasteiger partial charge < -0.3 is 4.74 Å². The molecule has 1 heterocycles. The molecule has 4 nitrogen and oxygen atoms in total. The van der Waals surface area contributed by atoms with Crippen LogP contribution in [-0.4, -0.2) is 17.0 Å². The minimum absolute atomic E-state index is 0.0747. The van der Waals surface area contributed by atoms with Crippen LogP contribution in [0.4, 0.5) is 10.2 Å². The number of aryl methyl sites for hydroxylation is 1. The lowest BCUT2D eigenvalue weighted by molar-refractivity contribution is -0.124. The molecule has 0 aliphatic carbocycles. The van der Waals surface area contributed by atoms with E-state index in [0.29, 0.717) is 16.6 Å². The van der Waals surface area contributed by atoms with Crippen LogP contribution in [0, 0.1) is 12.7 Å². The molecule has 1 unspecified atom stereocenters. The zero-order valence-electron chi connectivity index (χ0n) is 15.9. The van der Waals surface area contributed by atoms with Crippen LogP contribution in [0.3, 0.4) is 0 Å². The summed E-state index contributed by atoms with van der Waals surface area (Å²) >= 11 is 12.2. The van der Waals surface area contributed by atoms with Gasteiger partial charge in [0, 0.05) is 21.8 Å². The maximum atomic E-state index is 14.3. The molecule has 1 atom stereocenters. The average molecular weight is 433 g/mol. The van der Waals surface area contributed by atoms with E-state index in [0.717, 1.165) is 5.56 Å². The summed E-state index contributed by atoms with van der Waals surface area (Å²) in [5.41, 5.74) is 1.05. The number of halogens is 3. The quantitative estimate of drug-likeness (QED) is 0.491. The second-order valence-electron chi connectivity index (χ2n) is 6.48. The summed E-state index contributed by atoms with van der Waals surface area (Å²) in [6.45, 7) is 3.40. The molecule has 0 N–H and O–H groups in total. The standard InChI is InChI=1S/C22H19Cl2FN2O2/c1-14-12-16(9-10-18(14)23)29-15(2)22(28)27(21-8-3-4-11-26-21)13-17-19(24)6-5-7-20(17)25/h3-12,15H,13H2,1-2H3. The predicted octanol–water partition coefficient (Wildman–Crippen LogP) is 5.84. The van der Waals surface area contributed by atoms with Gasteiger partial charge in [-0.1, -0.05) is 35.3 Å². The lowest BCUT2D eigenvalue weighted by Crippen LogP contribution is -2.41. The van der Waals surface area contributed by atoms with Crippen molar-refractivity contribution in [2.45, 2.75) is 26.5 Å². The summed E-state index contributed by atoms with van der Waals surface area (Å²) in [5.74, 6) is 0.0148.